The van der Waals surface area contributed by atoms with Crippen LogP contribution in [0.15, 0.2) is 36.5 Å². The van der Waals surface area contributed by atoms with Crippen molar-refractivity contribution in [3.8, 4) is 6.07 Å². The van der Waals surface area contributed by atoms with Gasteiger partial charge in [-0.3, -0.25) is 0 Å². The maximum absolute atomic E-state index is 8.89. The minimum absolute atomic E-state index is 0.534. The maximum atomic E-state index is 8.89. The van der Waals surface area contributed by atoms with E-state index in [1.54, 1.807) is 6.20 Å². The van der Waals surface area contributed by atoms with Crippen molar-refractivity contribution in [3.05, 3.63) is 58.5 Å². The summed E-state index contributed by atoms with van der Waals surface area (Å²) >= 11 is 6.03. The van der Waals surface area contributed by atoms with Gasteiger partial charge in [0.25, 0.3) is 0 Å². The minimum atomic E-state index is 0.534. The molecule has 22 heavy (non-hydrogen) atoms. The second kappa shape index (κ2) is 5.11. The number of fused-ring (bicyclic) bond motifs is 1. The lowest BCUT2D eigenvalue weighted by Gasteiger charge is -2.08. The molecule has 1 saturated carbocycles. The first kappa shape index (κ1) is 13.3. The van der Waals surface area contributed by atoms with Gasteiger partial charge in [-0.1, -0.05) is 23.7 Å². The Morgan fingerprint density at radius 3 is 2.73 bits per heavy atom. The number of pyridine rings is 1. The van der Waals surface area contributed by atoms with Crippen molar-refractivity contribution in [3.63, 3.8) is 0 Å². The summed E-state index contributed by atoms with van der Waals surface area (Å²) < 4.78 is 2.17. The van der Waals surface area contributed by atoms with E-state index >= 15 is 0 Å². The molecule has 5 heteroatoms. The molecule has 1 aliphatic rings. The fourth-order valence-electron chi connectivity index (χ4n) is 2.68. The number of hydrogen-bond donors (Lipinski definition) is 0. The van der Waals surface area contributed by atoms with Crippen molar-refractivity contribution in [2.24, 2.45) is 0 Å². The van der Waals surface area contributed by atoms with Crippen LogP contribution in [0.1, 0.15) is 35.7 Å². The van der Waals surface area contributed by atoms with Crippen LogP contribution < -0.4 is 0 Å². The van der Waals surface area contributed by atoms with Gasteiger partial charge < -0.3 is 4.57 Å². The van der Waals surface area contributed by atoms with Gasteiger partial charge in [-0.15, -0.1) is 0 Å². The lowest BCUT2D eigenvalue weighted by molar-refractivity contribution is 0.740. The highest BCUT2D eigenvalue weighted by Gasteiger charge is 2.30. The van der Waals surface area contributed by atoms with Gasteiger partial charge in [0, 0.05) is 12.1 Å². The molecule has 1 aliphatic carbocycles. The molecule has 1 aromatic carbocycles. The van der Waals surface area contributed by atoms with E-state index in [1.807, 2.05) is 30.3 Å². The lowest BCUT2D eigenvalue weighted by Crippen LogP contribution is -2.05. The largest absolute Gasteiger partial charge is 0.308 e. The summed E-state index contributed by atoms with van der Waals surface area (Å²) in [4.78, 5) is 9.19. The molecular formula is C17H13ClN4. The van der Waals surface area contributed by atoms with Gasteiger partial charge >= 0.3 is 0 Å². The highest BCUT2D eigenvalue weighted by atomic mass is 35.5. The second-order valence-corrected chi connectivity index (χ2v) is 6.07. The third kappa shape index (κ3) is 2.34. The Labute approximate surface area is 133 Å². The minimum Gasteiger partial charge on any atom is -0.308 e. The van der Waals surface area contributed by atoms with Crippen LogP contribution in [0.2, 0.25) is 5.02 Å². The predicted molar refractivity (Wildman–Crippen MR) is 84.8 cm³/mol. The number of rotatable bonds is 3. The number of benzene rings is 1. The summed E-state index contributed by atoms with van der Waals surface area (Å²) in [5.74, 6) is 1.63. The lowest BCUT2D eigenvalue weighted by atomic mass is 10.1. The van der Waals surface area contributed by atoms with Crippen LogP contribution in [0, 0.1) is 11.3 Å². The second-order valence-electron chi connectivity index (χ2n) is 5.64. The molecule has 0 aliphatic heterocycles. The number of nitrogens with zero attached hydrogens (tertiary/aromatic N) is 4. The molecular weight excluding hydrogens is 296 g/mol. The van der Waals surface area contributed by atoms with Gasteiger partial charge in [-0.05, 0) is 36.6 Å². The molecule has 2 heterocycles. The Kier molecular flexibility index (Phi) is 3.09. The summed E-state index contributed by atoms with van der Waals surface area (Å²) in [5.41, 5.74) is 3.53. The van der Waals surface area contributed by atoms with Gasteiger partial charge in [0.15, 0.2) is 5.65 Å². The third-order valence-electron chi connectivity index (χ3n) is 3.95. The molecule has 2 aromatic heterocycles. The molecule has 3 aromatic rings. The van der Waals surface area contributed by atoms with E-state index in [2.05, 4.69) is 15.6 Å². The van der Waals surface area contributed by atoms with Crippen LogP contribution in [0.4, 0.5) is 0 Å². The summed E-state index contributed by atoms with van der Waals surface area (Å²) in [6.45, 7) is 0.711. The standard InChI is InChI=1S/C17H13ClN4/c18-14-7-15-17(20-9-14)22(16(21-15)13-5-6-13)10-12-3-1-11(8-19)2-4-12/h1-4,7,9,13H,5-6,10H2. The highest BCUT2D eigenvalue weighted by Crippen LogP contribution is 2.40. The van der Waals surface area contributed by atoms with Gasteiger partial charge in [0.2, 0.25) is 0 Å². The first-order valence-electron chi connectivity index (χ1n) is 7.25. The molecule has 0 radical (unpaired) electrons. The molecule has 0 unspecified atom stereocenters. The van der Waals surface area contributed by atoms with Crippen LogP contribution >= 0.6 is 11.6 Å². The average Bonchev–Trinajstić information content (AvgIpc) is 3.32. The Hall–Kier alpha value is -2.38. The van der Waals surface area contributed by atoms with Crippen LogP contribution in [0.3, 0.4) is 0 Å². The molecule has 0 atom stereocenters. The maximum Gasteiger partial charge on any atom is 0.160 e. The molecule has 0 amide bonds. The smallest absolute Gasteiger partial charge is 0.160 e. The Morgan fingerprint density at radius 2 is 2.05 bits per heavy atom. The van der Waals surface area contributed by atoms with E-state index in [0.717, 1.165) is 22.6 Å². The van der Waals surface area contributed by atoms with Crippen LogP contribution in [0.5, 0.6) is 0 Å². The summed E-state index contributed by atoms with van der Waals surface area (Å²) in [6, 6.07) is 11.7. The number of hydrogen-bond acceptors (Lipinski definition) is 3. The van der Waals surface area contributed by atoms with Crippen molar-refractivity contribution in [2.75, 3.05) is 0 Å². The molecule has 4 rings (SSSR count). The van der Waals surface area contributed by atoms with E-state index in [9.17, 15) is 0 Å². The zero-order chi connectivity index (χ0) is 15.1. The monoisotopic (exact) mass is 308 g/mol. The Bertz CT molecular complexity index is 885. The number of imidazole rings is 1. The molecule has 0 N–H and O–H groups in total. The van der Waals surface area contributed by atoms with Crippen LogP contribution in [0.25, 0.3) is 11.2 Å². The normalized spacial score (nSPS) is 14.2. The number of nitriles is 1. The average molecular weight is 309 g/mol. The molecule has 0 saturated heterocycles. The predicted octanol–water partition coefficient (Wildman–Crippen LogP) is 3.88. The molecule has 0 spiro atoms. The molecule has 4 nitrogen and oxygen atoms in total. The third-order valence-corrected chi connectivity index (χ3v) is 4.15. The van der Waals surface area contributed by atoms with Crippen molar-refractivity contribution in [1.29, 1.82) is 5.26 Å². The van der Waals surface area contributed by atoms with Crippen molar-refractivity contribution in [1.82, 2.24) is 14.5 Å². The van der Waals surface area contributed by atoms with Gasteiger partial charge in [-0.2, -0.15) is 5.26 Å². The number of halogens is 1. The summed E-state index contributed by atoms with van der Waals surface area (Å²) in [7, 11) is 0. The van der Waals surface area contributed by atoms with E-state index in [1.165, 1.54) is 12.8 Å². The van der Waals surface area contributed by atoms with E-state index in [-0.39, 0.29) is 0 Å². The van der Waals surface area contributed by atoms with Gasteiger partial charge in [0.1, 0.15) is 11.3 Å². The van der Waals surface area contributed by atoms with Crippen molar-refractivity contribution in [2.45, 2.75) is 25.3 Å². The highest BCUT2D eigenvalue weighted by molar-refractivity contribution is 6.31. The molecule has 108 valence electrons. The zero-order valence-corrected chi connectivity index (χ0v) is 12.6. The Morgan fingerprint density at radius 1 is 1.27 bits per heavy atom. The summed E-state index contributed by atoms with van der Waals surface area (Å²) in [6.07, 6.45) is 4.03. The summed E-state index contributed by atoms with van der Waals surface area (Å²) in [5, 5.41) is 9.50. The van der Waals surface area contributed by atoms with E-state index < -0.39 is 0 Å². The van der Waals surface area contributed by atoms with Gasteiger partial charge in [0.05, 0.1) is 23.2 Å². The SMILES string of the molecule is N#Cc1ccc(Cn2c(C3CC3)nc3cc(Cl)cnc32)cc1. The first-order valence-corrected chi connectivity index (χ1v) is 7.63. The number of aromatic nitrogens is 3. The van der Waals surface area contributed by atoms with E-state index in [4.69, 9.17) is 21.8 Å². The Balaban J connectivity index is 1.78. The zero-order valence-electron chi connectivity index (χ0n) is 11.8. The fraction of sp³-hybridized carbons (Fsp3) is 0.235. The van der Waals surface area contributed by atoms with Crippen molar-refractivity contribution < 1.29 is 0 Å². The van der Waals surface area contributed by atoms with E-state index in [0.29, 0.717) is 23.0 Å². The first-order chi connectivity index (χ1) is 10.7. The van der Waals surface area contributed by atoms with Crippen LogP contribution in [-0.4, -0.2) is 14.5 Å². The quantitative estimate of drug-likeness (QED) is 0.737. The molecule has 0 bridgehead atoms. The van der Waals surface area contributed by atoms with Crippen LogP contribution in [-0.2, 0) is 6.54 Å². The topological polar surface area (TPSA) is 54.5 Å². The van der Waals surface area contributed by atoms with Gasteiger partial charge in [-0.25, -0.2) is 9.97 Å². The van der Waals surface area contributed by atoms with Crippen molar-refractivity contribution >= 4 is 22.8 Å². The fourth-order valence-corrected chi connectivity index (χ4v) is 2.83. The molecule has 1 fully saturated rings.